The Bertz CT molecular complexity index is 631. The standard InChI is InChI=1S/C12H13N5S/c1-8(5-9-3-2-4-18-9)17-12-10-11(14-6-13-10)15-7-16-12/h2-4,6-8H,5H2,1H3,(H2,13,14,15,16,17). The van der Waals surface area contributed by atoms with E-state index in [4.69, 9.17) is 0 Å². The van der Waals surface area contributed by atoms with Gasteiger partial charge in [-0.15, -0.1) is 11.3 Å². The van der Waals surface area contributed by atoms with E-state index < -0.39 is 0 Å². The highest BCUT2D eigenvalue weighted by atomic mass is 32.1. The van der Waals surface area contributed by atoms with Gasteiger partial charge in [0.1, 0.15) is 11.8 Å². The zero-order valence-corrected chi connectivity index (χ0v) is 10.7. The van der Waals surface area contributed by atoms with Crippen molar-refractivity contribution < 1.29 is 0 Å². The maximum atomic E-state index is 4.26. The van der Waals surface area contributed by atoms with Crippen LogP contribution >= 0.6 is 11.3 Å². The lowest BCUT2D eigenvalue weighted by Crippen LogP contribution is -2.18. The van der Waals surface area contributed by atoms with E-state index in [-0.39, 0.29) is 0 Å². The smallest absolute Gasteiger partial charge is 0.182 e. The molecule has 1 atom stereocenters. The summed E-state index contributed by atoms with van der Waals surface area (Å²) in [5, 5.41) is 5.49. The van der Waals surface area contributed by atoms with Gasteiger partial charge >= 0.3 is 0 Å². The van der Waals surface area contributed by atoms with Crippen molar-refractivity contribution in [1.29, 1.82) is 0 Å². The Kier molecular flexibility index (Phi) is 2.93. The lowest BCUT2D eigenvalue weighted by molar-refractivity contribution is 0.795. The number of nitrogens with zero attached hydrogens (tertiary/aromatic N) is 3. The van der Waals surface area contributed by atoms with Crippen LogP contribution in [0.3, 0.4) is 0 Å². The normalized spacial score (nSPS) is 12.7. The number of imidazole rings is 1. The number of aromatic amines is 1. The second-order valence-corrected chi connectivity index (χ2v) is 5.18. The van der Waals surface area contributed by atoms with E-state index in [0.717, 1.165) is 17.8 Å². The quantitative estimate of drug-likeness (QED) is 0.755. The van der Waals surface area contributed by atoms with E-state index in [0.29, 0.717) is 11.7 Å². The minimum atomic E-state index is 0.310. The van der Waals surface area contributed by atoms with Crippen LogP contribution < -0.4 is 5.32 Å². The van der Waals surface area contributed by atoms with Crippen LogP contribution in [-0.2, 0) is 6.42 Å². The summed E-state index contributed by atoms with van der Waals surface area (Å²) in [7, 11) is 0. The van der Waals surface area contributed by atoms with Crippen LogP contribution in [0.5, 0.6) is 0 Å². The summed E-state index contributed by atoms with van der Waals surface area (Å²) in [6.07, 6.45) is 4.15. The Morgan fingerprint density at radius 2 is 2.33 bits per heavy atom. The van der Waals surface area contributed by atoms with Gasteiger partial charge in [0.25, 0.3) is 0 Å². The van der Waals surface area contributed by atoms with E-state index in [2.05, 4.69) is 49.7 Å². The molecule has 0 radical (unpaired) electrons. The second-order valence-electron chi connectivity index (χ2n) is 4.15. The topological polar surface area (TPSA) is 66.5 Å². The van der Waals surface area contributed by atoms with Crippen molar-refractivity contribution in [2.24, 2.45) is 0 Å². The van der Waals surface area contributed by atoms with Gasteiger partial charge in [0.15, 0.2) is 11.5 Å². The molecule has 3 heterocycles. The van der Waals surface area contributed by atoms with Crippen molar-refractivity contribution in [3.05, 3.63) is 35.0 Å². The number of H-pyrrole nitrogens is 1. The minimum Gasteiger partial charge on any atom is -0.365 e. The molecule has 0 aliphatic rings. The van der Waals surface area contributed by atoms with Gasteiger partial charge < -0.3 is 10.3 Å². The van der Waals surface area contributed by atoms with E-state index in [1.54, 1.807) is 17.7 Å². The number of thiophene rings is 1. The average Bonchev–Trinajstić information content (AvgIpc) is 2.99. The molecule has 3 aromatic heterocycles. The maximum Gasteiger partial charge on any atom is 0.182 e. The number of hydrogen-bond donors (Lipinski definition) is 2. The molecule has 1 unspecified atom stereocenters. The van der Waals surface area contributed by atoms with Gasteiger partial charge in [-0.2, -0.15) is 0 Å². The molecular weight excluding hydrogens is 246 g/mol. The number of nitrogens with one attached hydrogen (secondary N) is 2. The zero-order valence-electron chi connectivity index (χ0n) is 9.92. The molecule has 92 valence electrons. The van der Waals surface area contributed by atoms with E-state index >= 15 is 0 Å². The van der Waals surface area contributed by atoms with Gasteiger partial charge in [-0.05, 0) is 18.4 Å². The molecule has 0 saturated carbocycles. The summed E-state index contributed by atoms with van der Waals surface area (Å²) < 4.78 is 0. The van der Waals surface area contributed by atoms with E-state index in [9.17, 15) is 0 Å². The largest absolute Gasteiger partial charge is 0.365 e. The minimum absolute atomic E-state index is 0.310. The molecule has 3 rings (SSSR count). The first-order chi connectivity index (χ1) is 8.83. The summed E-state index contributed by atoms with van der Waals surface area (Å²) in [4.78, 5) is 16.9. The van der Waals surface area contributed by atoms with Crippen LogP contribution in [0.4, 0.5) is 5.82 Å². The van der Waals surface area contributed by atoms with E-state index in [1.807, 2.05) is 0 Å². The molecule has 5 nitrogen and oxygen atoms in total. The van der Waals surface area contributed by atoms with Crippen molar-refractivity contribution in [2.75, 3.05) is 5.32 Å². The highest BCUT2D eigenvalue weighted by Crippen LogP contribution is 2.17. The number of aromatic nitrogens is 4. The molecule has 0 aromatic carbocycles. The second kappa shape index (κ2) is 4.73. The van der Waals surface area contributed by atoms with Crippen molar-refractivity contribution in [3.63, 3.8) is 0 Å². The first-order valence-electron chi connectivity index (χ1n) is 5.76. The molecule has 0 bridgehead atoms. The maximum absolute atomic E-state index is 4.26. The lowest BCUT2D eigenvalue weighted by atomic mass is 10.2. The lowest BCUT2D eigenvalue weighted by Gasteiger charge is -2.13. The average molecular weight is 259 g/mol. The van der Waals surface area contributed by atoms with Crippen molar-refractivity contribution >= 4 is 28.3 Å². The van der Waals surface area contributed by atoms with Crippen LogP contribution in [-0.4, -0.2) is 26.0 Å². The third-order valence-corrected chi connectivity index (χ3v) is 3.59. The summed E-state index contributed by atoms with van der Waals surface area (Å²) >= 11 is 1.77. The van der Waals surface area contributed by atoms with Gasteiger partial charge in [0.05, 0.1) is 6.33 Å². The highest BCUT2D eigenvalue weighted by Gasteiger charge is 2.09. The van der Waals surface area contributed by atoms with Crippen LogP contribution in [0.25, 0.3) is 11.2 Å². The Labute approximate surface area is 108 Å². The van der Waals surface area contributed by atoms with Gasteiger partial charge in [0, 0.05) is 17.3 Å². The first kappa shape index (κ1) is 11.2. The Morgan fingerprint density at radius 1 is 1.39 bits per heavy atom. The Balaban J connectivity index is 1.77. The summed E-state index contributed by atoms with van der Waals surface area (Å²) in [5.41, 5.74) is 1.55. The van der Waals surface area contributed by atoms with Crippen molar-refractivity contribution in [3.8, 4) is 0 Å². The summed E-state index contributed by atoms with van der Waals surface area (Å²) in [6, 6.07) is 4.53. The molecule has 0 aliphatic heterocycles. The molecule has 18 heavy (non-hydrogen) atoms. The van der Waals surface area contributed by atoms with Gasteiger partial charge in [0.2, 0.25) is 0 Å². The Morgan fingerprint density at radius 3 is 3.17 bits per heavy atom. The van der Waals surface area contributed by atoms with Crippen molar-refractivity contribution in [1.82, 2.24) is 19.9 Å². The molecule has 0 spiro atoms. The molecular formula is C12H13N5S. The number of anilines is 1. The molecule has 0 amide bonds. The zero-order chi connectivity index (χ0) is 12.4. The molecule has 0 fully saturated rings. The Hall–Kier alpha value is -1.95. The predicted octanol–water partition coefficient (Wildman–Crippen LogP) is 2.46. The first-order valence-corrected chi connectivity index (χ1v) is 6.64. The molecule has 2 N–H and O–H groups in total. The highest BCUT2D eigenvalue weighted by molar-refractivity contribution is 7.09. The van der Waals surface area contributed by atoms with E-state index in [1.165, 1.54) is 11.2 Å². The van der Waals surface area contributed by atoms with Crippen LogP contribution in [0, 0.1) is 0 Å². The number of hydrogen-bond acceptors (Lipinski definition) is 5. The predicted molar refractivity (Wildman–Crippen MR) is 72.8 cm³/mol. The molecule has 3 aromatic rings. The molecule has 0 aliphatic carbocycles. The molecule has 0 saturated heterocycles. The third-order valence-electron chi connectivity index (χ3n) is 2.69. The van der Waals surface area contributed by atoms with Crippen LogP contribution in [0.2, 0.25) is 0 Å². The fraction of sp³-hybridized carbons (Fsp3) is 0.250. The number of rotatable bonds is 4. The van der Waals surface area contributed by atoms with Crippen LogP contribution in [0.1, 0.15) is 11.8 Å². The van der Waals surface area contributed by atoms with Crippen LogP contribution in [0.15, 0.2) is 30.2 Å². The van der Waals surface area contributed by atoms with Crippen molar-refractivity contribution in [2.45, 2.75) is 19.4 Å². The summed E-state index contributed by atoms with van der Waals surface area (Å²) in [5.74, 6) is 0.807. The molecule has 6 heteroatoms. The monoisotopic (exact) mass is 259 g/mol. The van der Waals surface area contributed by atoms with Gasteiger partial charge in [-0.3, -0.25) is 0 Å². The van der Waals surface area contributed by atoms with Gasteiger partial charge in [-0.25, -0.2) is 15.0 Å². The third kappa shape index (κ3) is 2.19. The number of fused-ring (bicyclic) bond motifs is 1. The fourth-order valence-electron chi connectivity index (χ4n) is 1.89. The fourth-order valence-corrected chi connectivity index (χ4v) is 2.72. The SMILES string of the molecule is CC(Cc1cccs1)Nc1ncnc2nc[nH]c12. The van der Waals surface area contributed by atoms with Gasteiger partial charge in [-0.1, -0.05) is 6.07 Å². The summed E-state index contributed by atoms with van der Waals surface area (Å²) in [6.45, 7) is 2.14.